The van der Waals surface area contributed by atoms with Crippen molar-refractivity contribution in [1.82, 2.24) is 24.9 Å². The molecule has 1 saturated carbocycles. The number of carbonyl (C=O) groups excluding carboxylic acids is 1. The quantitative estimate of drug-likeness (QED) is 0.217. The van der Waals surface area contributed by atoms with Gasteiger partial charge in [-0.2, -0.15) is 0 Å². The maximum absolute atomic E-state index is 13.6. The van der Waals surface area contributed by atoms with Gasteiger partial charge in [-0.1, -0.05) is 24.3 Å². The van der Waals surface area contributed by atoms with Crippen LogP contribution >= 0.6 is 0 Å². The molecular weight excluding hydrogens is 622 g/mol. The third kappa shape index (κ3) is 5.85. The molecule has 2 aromatic carbocycles. The van der Waals surface area contributed by atoms with Crippen molar-refractivity contribution < 1.29 is 23.7 Å². The summed E-state index contributed by atoms with van der Waals surface area (Å²) in [6, 6.07) is 20.3. The van der Waals surface area contributed by atoms with Crippen molar-refractivity contribution in [2.45, 2.75) is 44.2 Å². The molecule has 2 aliphatic heterocycles. The van der Waals surface area contributed by atoms with Crippen LogP contribution in [0.5, 0.6) is 5.75 Å². The first kappa shape index (κ1) is 31.2. The first-order valence-electron chi connectivity index (χ1n) is 16.7. The Morgan fingerprint density at radius 2 is 1.88 bits per heavy atom. The van der Waals surface area contributed by atoms with Gasteiger partial charge in [-0.05, 0) is 60.7 Å². The largest absolute Gasteiger partial charge is 0.497 e. The summed E-state index contributed by atoms with van der Waals surface area (Å²) in [7, 11) is 5.37. The average Bonchev–Trinajstić information content (AvgIpc) is 3.91. The molecule has 0 radical (unpaired) electrons. The number of amides is 1. The van der Waals surface area contributed by atoms with Crippen LogP contribution in [0.2, 0.25) is 0 Å². The normalized spacial score (nSPS) is 18.8. The predicted molar refractivity (Wildman–Crippen MR) is 184 cm³/mol. The van der Waals surface area contributed by atoms with Gasteiger partial charge in [0.1, 0.15) is 5.75 Å². The zero-order valence-corrected chi connectivity index (χ0v) is 27.8. The lowest BCUT2D eigenvalue weighted by Crippen LogP contribution is -2.51. The summed E-state index contributed by atoms with van der Waals surface area (Å²) in [6.07, 6.45) is 5.68. The molecule has 12 nitrogen and oxygen atoms in total. The molecular formula is C37H39N7O5. The van der Waals surface area contributed by atoms with Gasteiger partial charge in [-0.25, -0.2) is 9.50 Å². The van der Waals surface area contributed by atoms with E-state index in [0.717, 1.165) is 71.1 Å². The second kappa shape index (κ2) is 13.1. The van der Waals surface area contributed by atoms with Gasteiger partial charge in [0.2, 0.25) is 0 Å². The van der Waals surface area contributed by atoms with Gasteiger partial charge in [-0.15, -0.1) is 5.10 Å². The number of rotatable bonds is 10. The summed E-state index contributed by atoms with van der Waals surface area (Å²) in [5.74, 6) is 1.30. The van der Waals surface area contributed by atoms with E-state index in [1.807, 2.05) is 31.4 Å². The highest BCUT2D eigenvalue weighted by Crippen LogP contribution is 2.41. The molecule has 2 atom stereocenters. The van der Waals surface area contributed by atoms with Crippen LogP contribution in [-0.2, 0) is 27.2 Å². The fraction of sp³-hybridized carbons (Fsp3) is 0.351. The molecule has 1 N–H and O–H groups in total. The molecule has 1 amide bonds. The summed E-state index contributed by atoms with van der Waals surface area (Å²) in [5, 5.41) is 8.20. The highest BCUT2D eigenvalue weighted by atomic mass is 16.7. The van der Waals surface area contributed by atoms with Crippen molar-refractivity contribution in [3.05, 3.63) is 95.4 Å². The zero-order valence-electron chi connectivity index (χ0n) is 27.8. The van der Waals surface area contributed by atoms with Crippen LogP contribution in [0, 0.1) is 0 Å². The summed E-state index contributed by atoms with van der Waals surface area (Å²) in [5.41, 5.74) is 8.08. The lowest BCUT2D eigenvalue weighted by atomic mass is 9.89. The number of imidazole rings is 1. The van der Waals surface area contributed by atoms with Crippen molar-refractivity contribution in [3.8, 4) is 17.0 Å². The van der Waals surface area contributed by atoms with E-state index in [-0.39, 0.29) is 24.3 Å². The molecule has 49 heavy (non-hydrogen) atoms. The van der Waals surface area contributed by atoms with Crippen molar-refractivity contribution in [1.29, 1.82) is 0 Å². The van der Waals surface area contributed by atoms with E-state index in [2.05, 4.69) is 57.6 Å². The van der Waals surface area contributed by atoms with Gasteiger partial charge < -0.3 is 34.1 Å². The van der Waals surface area contributed by atoms with E-state index >= 15 is 0 Å². The Balaban J connectivity index is 1.17. The van der Waals surface area contributed by atoms with Crippen molar-refractivity contribution >= 4 is 28.7 Å². The van der Waals surface area contributed by atoms with Crippen molar-refractivity contribution in [2.24, 2.45) is 0 Å². The van der Waals surface area contributed by atoms with Crippen LogP contribution in [0.25, 0.3) is 16.9 Å². The highest BCUT2D eigenvalue weighted by molar-refractivity contribution is 5.94. The molecule has 1 saturated heterocycles. The molecule has 3 aromatic heterocycles. The van der Waals surface area contributed by atoms with Crippen LogP contribution in [0.15, 0.2) is 73.1 Å². The molecule has 0 spiro atoms. The Kier molecular flexibility index (Phi) is 8.36. The Labute approximate surface area is 284 Å². The summed E-state index contributed by atoms with van der Waals surface area (Å²) in [4.78, 5) is 27.4. The summed E-state index contributed by atoms with van der Waals surface area (Å²) in [6.45, 7) is 2.50. The third-order valence-corrected chi connectivity index (χ3v) is 9.75. The van der Waals surface area contributed by atoms with E-state index in [9.17, 15) is 4.79 Å². The number of nitrogens with zero attached hydrogens (tertiary/aromatic N) is 6. The van der Waals surface area contributed by atoms with Crippen LogP contribution < -0.4 is 19.9 Å². The zero-order chi connectivity index (χ0) is 33.5. The van der Waals surface area contributed by atoms with Crippen LogP contribution in [-0.4, -0.2) is 78.7 Å². The van der Waals surface area contributed by atoms with E-state index in [4.69, 9.17) is 34.0 Å². The van der Waals surface area contributed by atoms with Crippen molar-refractivity contribution in [3.63, 3.8) is 0 Å². The molecule has 0 unspecified atom stereocenters. The lowest BCUT2D eigenvalue weighted by molar-refractivity contribution is -0.0441. The minimum atomic E-state index is -0.370. The Morgan fingerprint density at radius 1 is 1.04 bits per heavy atom. The topological polar surface area (TPSA) is 116 Å². The van der Waals surface area contributed by atoms with E-state index in [0.29, 0.717) is 31.1 Å². The number of fused-ring (bicyclic) bond motifs is 2. The second-order valence-electron chi connectivity index (χ2n) is 12.7. The number of hydrogen-bond acceptors (Lipinski definition) is 10. The molecule has 252 valence electrons. The Bertz CT molecular complexity index is 1990. The maximum atomic E-state index is 13.6. The number of anilines is 3. The second-order valence-corrected chi connectivity index (χ2v) is 12.7. The lowest BCUT2D eigenvalue weighted by Gasteiger charge is -2.35. The van der Waals surface area contributed by atoms with E-state index in [1.165, 1.54) is 5.56 Å². The monoisotopic (exact) mass is 661 g/mol. The average molecular weight is 662 g/mol. The Morgan fingerprint density at radius 3 is 2.63 bits per heavy atom. The first-order chi connectivity index (χ1) is 24.0. The number of benzene rings is 2. The van der Waals surface area contributed by atoms with Crippen LogP contribution in [0.4, 0.5) is 17.2 Å². The fourth-order valence-electron chi connectivity index (χ4n) is 6.96. The smallest absolute Gasteiger partial charge is 0.271 e. The molecule has 12 heteroatoms. The SMILES string of the molecule is COc1ccc(CN(C)c2cc(N3CCc4c(-c5cc(C6OCCO6)ccn5)cccc43)nn3c(C(=O)N[C@@H]4CC[C@H]4OC)cnc23)cc1. The van der Waals surface area contributed by atoms with Crippen LogP contribution in [0.1, 0.15) is 46.3 Å². The van der Waals surface area contributed by atoms with Gasteiger partial charge in [0, 0.05) is 56.3 Å². The van der Waals surface area contributed by atoms with Gasteiger partial charge in [0.25, 0.3) is 5.91 Å². The van der Waals surface area contributed by atoms with Gasteiger partial charge in [-0.3, -0.25) is 9.78 Å². The highest BCUT2D eigenvalue weighted by Gasteiger charge is 2.34. The van der Waals surface area contributed by atoms with Gasteiger partial charge >= 0.3 is 0 Å². The number of nitrogens with one attached hydrogen (secondary N) is 1. The molecule has 5 aromatic rings. The number of hydrogen-bond donors (Lipinski definition) is 1. The minimum Gasteiger partial charge on any atom is -0.497 e. The number of aromatic nitrogens is 4. The minimum absolute atomic E-state index is 0.0153. The first-order valence-corrected chi connectivity index (χ1v) is 16.7. The summed E-state index contributed by atoms with van der Waals surface area (Å²) < 4.78 is 24.1. The van der Waals surface area contributed by atoms with E-state index in [1.54, 1.807) is 24.9 Å². The van der Waals surface area contributed by atoms with Gasteiger partial charge in [0.05, 0.1) is 50.0 Å². The molecule has 1 aliphatic carbocycles. The van der Waals surface area contributed by atoms with Crippen molar-refractivity contribution in [2.75, 3.05) is 50.8 Å². The Hall–Kier alpha value is -5.04. The number of ether oxygens (including phenoxy) is 4. The molecule has 2 fully saturated rings. The molecule has 0 bridgehead atoms. The molecule has 5 heterocycles. The predicted octanol–water partition coefficient (Wildman–Crippen LogP) is 5.08. The number of carbonyl (C=O) groups is 1. The summed E-state index contributed by atoms with van der Waals surface area (Å²) >= 11 is 0. The third-order valence-electron chi connectivity index (χ3n) is 9.75. The maximum Gasteiger partial charge on any atom is 0.271 e. The number of pyridine rings is 1. The fourth-order valence-corrected chi connectivity index (χ4v) is 6.96. The van der Waals surface area contributed by atoms with E-state index < -0.39 is 0 Å². The van der Waals surface area contributed by atoms with Crippen LogP contribution in [0.3, 0.4) is 0 Å². The molecule has 8 rings (SSSR count). The molecule has 3 aliphatic rings. The number of methoxy groups -OCH3 is 2. The van der Waals surface area contributed by atoms with Gasteiger partial charge in [0.15, 0.2) is 23.4 Å². The standard InChI is InChI=1S/C37H39N7O5/c1-42(22-23-7-9-25(46-2)10-8-23)31-20-34(41-44-32(21-39-35(31)44)36(45)40-28-11-12-33(28)47-3)43-16-14-27-26(5-4-6-30(27)43)29-19-24(13-15-38-29)37-48-17-18-49-37/h4-10,13,15,19-21,28,33,37H,11-12,14,16-18,22H2,1-3H3,(H,40,45)/t28-,33-/m1/s1.